The number of rotatable bonds is 9. The number of alkyl halides is 13. The van der Waals surface area contributed by atoms with Crippen LogP contribution in [0.1, 0.15) is 6.42 Å². The van der Waals surface area contributed by atoms with Crippen molar-refractivity contribution < 1.29 is 76.5 Å². The lowest BCUT2D eigenvalue weighted by Gasteiger charge is -2.39. The molecular weight excluding hydrogens is 455 g/mol. The molecule has 0 radical (unpaired) electrons. The van der Waals surface area contributed by atoms with Gasteiger partial charge < -0.3 is 9.84 Å². The van der Waals surface area contributed by atoms with E-state index < -0.39 is 60.8 Å². The van der Waals surface area contributed by atoms with Crippen LogP contribution in [0.5, 0.6) is 0 Å². The number of carboxylic acids is 1. The summed E-state index contributed by atoms with van der Waals surface area (Å²) in [6.07, 6.45) is -10.1. The van der Waals surface area contributed by atoms with Gasteiger partial charge in [-0.25, -0.2) is 9.59 Å². The molecule has 0 fully saturated rings. The monoisotopic (exact) mass is 462 g/mol. The van der Waals surface area contributed by atoms with Gasteiger partial charge >= 0.3 is 47.7 Å². The predicted octanol–water partition coefficient (Wildman–Crippen LogP) is 4.30. The minimum Gasteiger partial charge on any atom is -0.478 e. The third-order valence-electron chi connectivity index (χ3n) is 3.02. The lowest BCUT2D eigenvalue weighted by atomic mass is 9.93. The first kappa shape index (κ1) is 26.8. The van der Waals surface area contributed by atoms with E-state index in [1.54, 1.807) is 0 Å². The fourth-order valence-corrected chi connectivity index (χ4v) is 1.43. The first-order valence-corrected chi connectivity index (χ1v) is 6.60. The van der Waals surface area contributed by atoms with Gasteiger partial charge in [-0.3, -0.25) is 0 Å². The van der Waals surface area contributed by atoms with E-state index in [1.807, 2.05) is 0 Å². The van der Waals surface area contributed by atoms with Crippen molar-refractivity contribution in [3.8, 4) is 0 Å². The Hall–Kier alpha value is -2.23. The molecule has 0 saturated carbocycles. The Labute approximate surface area is 150 Å². The fraction of sp³-hybridized carbons (Fsp3) is 0.667. The smallest absolute Gasteiger partial charge is 0.460 e. The van der Waals surface area contributed by atoms with Gasteiger partial charge in [-0.2, -0.15) is 57.1 Å². The number of carbonyl (C=O) groups is 2. The molecule has 170 valence electrons. The number of aliphatic carboxylic acids is 1. The van der Waals surface area contributed by atoms with E-state index in [4.69, 9.17) is 5.11 Å². The topological polar surface area (TPSA) is 63.6 Å². The van der Waals surface area contributed by atoms with Crippen LogP contribution in [0.2, 0.25) is 0 Å². The third kappa shape index (κ3) is 4.85. The molecule has 0 aliphatic rings. The van der Waals surface area contributed by atoms with Crippen LogP contribution in [0.25, 0.3) is 0 Å². The molecule has 0 aliphatic carbocycles. The van der Waals surface area contributed by atoms with Crippen molar-refractivity contribution in [2.45, 2.75) is 42.2 Å². The van der Waals surface area contributed by atoms with E-state index in [2.05, 4.69) is 4.74 Å². The van der Waals surface area contributed by atoms with E-state index in [1.165, 1.54) is 0 Å². The zero-order valence-corrected chi connectivity index (χ0v) is 13.2. The molecule has 0 aromatic carbocycles. The van der Waals surface area contributed by atoms with Crippen molar-refractivity contribution in [3.05, 3.63) is 12.2 Å². The zero-order valence-electron chi connectivity index (χ0n) is 13.2. The van der Waals surface area contributed by atoms with E-state index in [9.17, 15) is 66.7 Å². The van der Waals surface area contributed by atoms with E-state index in [0.29, 0.717) is 0 Å². The van der Waals surface area contributed by atoms with E-state index in [0.717, 1.165) is 0 Å². The molecule has 0 bridgehead atoms. The molecule has 29 heavy (non-hydrogen) atoms. The Kier molecular flexibility index (Phi) is 7.28. The minimum atomic E-state index is -8.01. The first-order valence-electron chi connectivity index (χ1n) is 6.60. The number of carboxylic acid groups (broad SMARTS) is 1. The van der Waals surface area contributed by atoms with Crippen molar-refractivity contribution in [1.82, 2.24) is 0 Å². The number of carbonyl (C=O) groups excluding carboxylic acids is 1. The standard InChI is InChI=1S/C12H7F13O4/c13-7(14,3-4-29-6(28)2-1-5(26)27)8(15,16)9(17,18)10(19,20)11(21,22)12(23,24)25/h1-2H,3-4H2,(H,26,27)/b2-1+. The van der Waals surface area contributed by atoms with Crippen molar-refractivity contribution in [2.75, 3.05) is 6.61 Å². The van der Waals surface area contributed by atoms with Crippen molar-refractivity contribution in [1.29, 1.82) is 0 Å². The molecule has 0 spiro atoms. The van der Waals surface area contributed by atoms with Crippen LogP contribution in [0.4, 0.5) is 57.1 Å². The second kappa shape index (κ2) is 7.89. The average molecular weight is 462 g/mol. The molecular formula is C12H7F13O4. The molecule has 0 unspecified atom stereocenters. The number of halogens is 13. The summed E-state index contributed by atoms with van der Waals surface area (Å²) in [5.41, 5.74) is 0. The second-order valence-corrected chi connectivity index (χ2v) is 5.09. The van der Waals surface area contributed by atoms with Crippen molar-refractivity contribution in [3.63, 3.8) is 0 Å². The highest BCUT2D eigenvalue weighted by atomic mass is 19.4. The Bertz CT molecular complexity index is 651. The summed E-state index contributed by atoms with van der Waals surface area (Å²) in [7, 11) is 0. The van der Waals surface area contributed by atoms with E-state index >= 15 is 0 Å². The quantitative estimate of drug-likeness (QED) is 0.316. The van der Waals surface area contributed by atoms with Crippen LogP contribution in [0.15, 0.2) is 12.2 Å². The van der Waals surface area contributed by atoms with Crippen LogP contribution in [0, 0.1) is 0 Å². The molecule has 0 aliphatic heterocycles. The zero-order chi connectivity index (χ0) is 23.7. The number of ether oxygens (including phenoxy) is 1. The number of hydrogen-bond donors (Lipinski definition) is 1. The SMILES string of the molecule is O=C(O)/C=C/C(=O)OCCC(F)(F)C(F)(F)C(F)(F)C(F)(F)C(F)(F)C(F)(F)F. The molecule has 0 rings (SSSR count). The van der Waals surface area contributed by atoms with Crippen molar-refractivity contribution >= 4 is 11.9 Å². The molecule has 0 aromatic rings. The maximum Gasteiger partial charge on any atom is 0.460 e. The summed E-state index contributed by atoms with van der Waals surface area (Å²) < 4.78 is 170. The molecule has 0 saturated heterocycles. The van der Waals surface area contributed by atoms with Crippen LogP contribution in [-0.4, -0.2) is 59.4 Å². The molecule has 1 N–H and O–H groups in total. The molecule has 0 atom stereocenters. The lowest BCUT2D eigenvalue weighted by molar-refractivity contribution is -0.440. The van der Waals surface area contributed by atoms with Crippen molar-refractivity contribution in [2.24, 2.45) is 0 Å². The summed E-state index contributed by atoms with van der Waals surface area (Å²) in [5, 5.41) is 8.10. The van der Waals surface area contributed by atoms with Crippen LogP contribution in [0.3, 0.4) is 0 Å². The van der Waals surface area contributed by atoms with E-state index in [-0.39, 0.29) is 12.2 Å². The first-order chi connectivity index (χ1) is 12.6. The van der Waals surface area contributed by atoms with Gasteiger partial charge in [0.1, 0.15) is 0 Å². The largest absolute Gasteiger partial charge is 0.478 e. The Morgan fingerprint density at radius 3 is 1.48 bits per heavy atom. The van der Waals surface area contributed by atoms with Gasteiger partial charge in [0.2, 0.25) is 0 Å². The highest BCUT2D eigenvalue weighted by Gasteiger charge is 2.90. The van der Waals surface area contributed by atoms with Gasteiger partial charge in [0, 0.05) is 12.2 Å². The summed E-state index contributed by atoms with van der Waals surface area (Å²) >= 11 is 0. The Balaban J connectivity index is 5.65. The highest BCUT2D eigenvalue weighted by molar-refractivity contribution is 5.90. The maximum absolute atomic E-state index is 13.3. The summed E-state index contributed by atoms with van der Waals surface area (Å²) in [5.74, 6) is -41.2. The molecule has 4 nitrogen and oxygen atoms in total. The average Bonchev–Trinajstić information content (AvgIpc) is 2.50. The van der Waals surface area contributed by atoms with Gasteiger partial charge in [0.15, 0.2) is 0 Å². The summed E-state index contributed by atoms with van der Waals surface area (Å²) in [6.45, 7) is -1.96. The predicted molar refractivity (Wildman–Crippen MR) is 63.1 cm³/mol. The molecule has 0 aromatic heterocycles. The third-order valence-corrected chi connectivity index (χ3v) is 3.02. The fourth-order valence-electron chi connectivity index (χ4n) is 1.43. The highest BCUT2D eigenvalue weighted by Crippen LogP contribution is 2.60. The number of esters is 1. The van der Waals surface area contributed by atoms with Gasteiger partial charge in [-0.1, -0.05) is 0 Å². The van der Waals surface area contributed by atoms with Gasteiger partial charge in [0.25, 0.3) is 0 Å². The molecule has 0 heterocycles. The summed E-state index contributed by atoms with van der Waals surface area (Å²) in [4.78, 5) is 20.8. The normalized spacial score (nSPS) is 14.9. The van der Waals surface area contributed by atoms with Gasteiger partial charge in [-0.05, 0) is 0 Å². The number of hydrogen-bond acceptors (Lipinski definition) is 3. The minimum absolute atomic E-state index is 0.0330. The second-order valence-electron chi connectivity index (χ2n) is 5.09. The van der Waals surface area contributed by atoms with Crippen LogP contribution < -0.4 is 0 Å². The Morgan fingerprint density at radius 2 is 1.10 bits per heavy atom. The van der Waals surface area contributed by atoms with Gasteiger partial charge in [-0.15, -0.1) is 0 Å². The van der Waals surface area contributed by atoms with Crippen LogP contribution >= 0.6 is 0 Å². The lowest BCUT2D eigenvalue weighted by Crippen LogP contribution is -2.70. The maximum atomic E-state index is 13.3. The molecule has 17 heteroatoms. The van der Waals surface area contributed by atoms with Gasteiger partial charge in [0.05, 0.1) is 13.0 Å². The summed E-state index contributed by atoms with van der Waals surface area (Å²) in [6, 6.07) is 0. The Morgan fingerprint density at radius 1 is 0.690 bits per heavy atom. The molecule has 0 amide bonds. The van der Waals surface area contributed by atoms with Crippen LogP contribution in [-0.2, 0) is 14.3 Å².